The molecule has 1 amide bonds. The predicted octanol–water partition coefficient (Wildman–Crippen LogP) is 2.42. The molecule has 0 aromatic carbocycles. The molecule has 1 saturated heterocycles. The second kappa shape index (κ2) is 6.90. The highest BCUT2D eigenvalue weighted by atomic mass is 16.2. The average molecular weight is 277 g/mol. The van der Waals surface area contributed by atoms with E-state index in [9.17, 15) is 4.79 Å². The monoisotopic (exact) mass is 277 g/mol. The zero-order valence-corrected chi connectivity index (χ0v) is 13.6. The van der Waals surface area contributed by atoms with Crippen molar-refractivity contribution in [3.05, 3.63) is 11.6 Å². The molecule has 1 aliphatic rings. The van der Waals surface area contributed by atoms with Crippen LogP contribution >= 0.6 is 0 Å². The van der Waals surface area contributed by atoms with Gasteiger partial charge in [0.1, 0.15) is 11.6 Å². The third-order valence-corrected chi connectivity index (χ3v) is 4.21. The van der Waals surface area contributed by atoms with E-state index in [2.05, 4.69) is 39.5 Å². The Bertz CT molecular complexity index is 420. The molecule has 0 aromatic heterocycles. The lowest BCUT2D eigenvalue weighted by Gasteiger charge is -2.49. The SMILES string of the molecule is C/C=C(\C#N)C(=O)N1CCN(C(C)C)C(C(C)C)C1C. The molecule has 0 bridgehead atoms. The summed E-state index contributed by atoms with van der Waals surface area (Å²) in [4.78, 5) is 16.8. The van der Waals surface area contributed by atoms with Gasteiger partial charge in [-0.2, -0.15) is 5.26 Å². The van der Waals surface area contributed by atoms with Gasteiger partial charge in [-0.15, -0.1) is 0 Å². The van der Waals surface area contributed by atoms with Gasteiger partial charge in [0.15, 0.2) is 0 Å². The van der Waals surface area contributed by atoms with Crippen molar-refractivity contribution in [3.8, 4) is 6.07 Å². The maximum absolute atomic E-state index is 12.4. The molecule has 4 heteroatoms. The first kappa shape index (κ1) is 16.7. The fraction of sp³-hybridized carbons (Fsp3) is 0.750. The summed E-state index contributed by atoms with van der Waals surface area (Å²) in [6.45, 7) is 14.2. The second-order valence-corrected chi connectivity index (χ2v) is 6.12. The van der Waals surface area contributed by atoms with Crippen molar-refractivity contribution in [2.24, 2.45) is 5.92 Å². The normalized spacial score (nSPS) is 25.1. The van der Waals surface area contributed by atoms with Crippen LogP contribution in [0.1, 0.15) is 41.5 Å². The van der Waals surface area contributed by atoms with Crippen molar-refractivity contribution in [3.63, 3.8) is 0 Å². The molecule has 0 N–H and O–H groups in total. The molecule has 2 unspecified atom stereocenters. The maximum Gasteiger partial charge on any atom is 0.264 e. The summed E-state index contributed by atoms with van der Waals surface area (Å²) in [6.07, 6.45) is 1.61. The van der Waals surface area contributed by atoms with Gasteiger partial charge in [0.05, 0.1) is 0 Å². The van der Waals surface area contributed by atoms with Crippen molar-refractivity contribution in [1.82, 2.24) is 9.80 Å². The fourth-order valence-electron chi connectivity index (χ4n) is 3.26. The number of nitrogens with zero attached hydrogens (tertiary/aromatic N) is 3. The van der Waals surface area contributed by atoms with Crippen LogP contribution in [0.5, 0.6) is 0 Å². The molecule has 1 aliphatic heterocycles. The molecular formula is C16H27N3O. The van der Waals surface area contributed by atoms with Crippen LogP contribution in [0.25, 0.3) is 0 Å². The number of hydrogen-bond donors (Lipinski definition) is 0. The molecule has 20 heavy (non-hydrogen) atoms. The Labute approximate surface area is 123 Å². The van der Waals surface area contributed by atoms with E-state index in [-0.39, 0.29) is 17.5 Å². The molecule has 0 radical (unpaired) electrons. The third-order valence-electron chi connectivity index (χ3n) is 4.21. The van der Waals surface area contributed by atoms with Gasteiger partial charge >= 0.3 is 0 Å². The molecule has 0 spiro atoms. The van der Waals surface area contributed by atoms with Crippen molar-refractivity contribution in [1.29, 1.82) is 5.26 Å². The Balaban J connectivity index is 3.00. The van der Waals surface area contributed by atoms with Crippen LogP contribution in [-0.4, -0.2) is 46.9 Å². The van der Waals surface area contributed by atoms with Gasteiger partial charge in [0.2, 0.25) is 0 Å². The van der Waals surface area contributed by atoms with Gasteiger partial charge in [-0.3, -0.25) is 9.69 Å². The van der Waals surface area contributed by atoms with Crippen molar-refractivity contribution < 1.29 is 4.79 Å². The summed E-state index contributed by atoms with van der Waals surface area (Å²) >= 11 is 0. The Morgan fingerprint density at radius 3 is 2.30 bits per heavy atom. The Morgan fingerprint density at radius 2 is 1.90 bits per heavy atom. The van der Waals surface area contributed by atoms with E-state index in [0.29, 0.717) is 24.5 Å². The van der Waals surface area contributed by atoms with E-state index >= 15 is 0 Å². The van der Waals surface area contributed by atoms with Gasteiger partial charge in [-0.25, -0.2) is 0 Å². The van der Waals surface area contributed by atoms with Crippen LogP contribution in [-0.2, 0) is 4.79 Å². The molecule has 1 rings (SSSR count). The molecular weight excluding hydrogens is 250 g/mol. The molecule has 4 nitrogen and oxygen atoms in total. The number of amides is 1. The first-order valence-corrected chi connectivity index (χ1v) is 7.48. The number of carbonyl (C=O) groups is 1. The minimum Gasteiger partial charge on any atom is -0.332 e. The van der Waals surface area contributed by atoms with Gasteiger partial charge < -0.3 is 4.90 Å². The van der Waals surface area contributed by atoms with E-state index in [1.807, 2.05) is 11.0 Å². The van der Waals surface area contributed by atoms with Crippen molar-refractivity contribution in [2.75, 3.05) is 13.1 Å². The van der Waals surface area contributed by atoms with Crippen LogP contribution < -0.4 is 0 Å². The molecule has 2 atom stereocenters. The zero-order chi connectivity index (χ0) is 15.4. The maximum atomic E-state index is 12.4. The molecule has 112 valence electrons. The summed E-state index contributed by atoms with van der Waals surface area (Å²) in [5, 5.41) is 9.05. The van der Waals surface area contributed by atoms with Gasteiger partial charge in [0, 0.05) is 31.2 Å². The molecule has 1 heterocycles. The highest BCUT2D eigenvalue weighted by molar-refractivity contribution is 5.97. The molecule has 0 saturated carbocycles. The standard InChI is InChI=1S/C16H27N3O/c1-7-14(10-17)16(20)19-9-8-18(12(4)5)15(11(2)3)13(19)6/h7,11-13,15H,8-9H2,1-6H3/b14-7+. The molecule has 0 aliphatic carbocycles. The van der Waals surface area contributed by atoms with Crippen LogP contribution in [0, 0.1) is 17.2 Å². The summed E-state index contributed by atoms with van der Waals surface area (Å²) in [5.74, 6) is 0.343. The van der Waals surface area contributed by atoms with Gasteiger partial charge in [-0.1, -0.05) is 19.9 Å². The number of nitriles is 1. The first-order chi connectivity index (χ1) is 9.34. The highest BCUT2D eigenvalue weighted by Gasteiger charge is 2.39. The Kier molecular flexibility index (Phi) is 5.76. The lowest BCUT2D eigenvalue weighted by molar-refractivity contribution is -0.135. The third kappa shape index (κ3) is 3.21. The molecule has 0 aromatic rings. The number of hydrogen-bond acceptors (Lipinski definition) is 3. The van der Waals surface area contributed by atoms with Crippen molar-refractivity contribution in [2.45, 2.75) is 59.7 Å². The van der Waals surface area contributed by atoms with Crippen LogP contribution in [0.3, 0.4) is 0 Å². The zero-order valence-electron chi connectivity index (χ0n) is 13.6. The lowest BCUT2D eigenvalue weighted by Crippen LogP contribution is -2.63. The number of piperazine rings is 1. The van der Waals surface area contributed by atoms with Crippen LogP contribution in [0.15, 0.2) is 11.6 Å². The Morgan fingerprint density at radius 1 is 1.30 bits per heavy atom. The van der Waals surface area contributed by atoms with E-state index in [1.54, 1.807) is 13.0 Å². The number of carbonyl (C=O) groups excluding carboxylic acids is 1. The largest absolute Gasteiger partial charge is 0.332 e. The van der Waals surface area contributed by atoms with Gasteiger partial charge in [0.25, 0.3) is 5.91 Å². The topological polar surface area (TPSA) is 47.3 Å². The fourth-order valence-corrected chi connectivity index (χ4v) is 3.26. The van der Waals surface area contributed by atoms with Crippen molar-refractivity contribution >= 4 is 5.91 Å². The van der Waals surface area contributed by atoms with E-state index in [0.717, 1.165) is 6.54 Å². The smallest absolute Gasteiger partial charge is 0.264 e. The predicted molar refractivity (Wildman–Crippen MR) is 81.0 cm³/mol. The van der Waals surface area contributed by atoms with Crippen LogP contribution in [0.2, 0.25) is 0 Å². The second-order valence-electron chi connectivity index (χ2n) is 6.12. The number of rotatable bonds is 3. The first-order valence-electron chi connectivity index (χ1n) is 7.48. The Hall–Kier alpha value is -1.34. The summed E-state index contributed by atoms with van der Waals surface area (Å²) in [6, 6.07) is 2.94. The number of allylic oxidation sites excluding steroid dienone is 1. The minimum absolute atomic E-state index is 0.127. The van der Waals surface area contributed by atoms with E-state index < -0.39 is 0 Å². The minimum atomic E-state index is -0.128. The van der Waals surface area contributed by atoms with E-state index in [4.69, 9.17) is 5.26 Å². The summed E-state index contributed by atoms with van der Waals surface area (Å²) in [7, 11) is 0. The lowest BCUT2D eigenvalue weighted by atomic mass is 9.90. The highest BCUT2D eigenvalue weighted by Crippen LogP contribution is 2.26. The molecule has 1 fully saturated rings. The summed E-state index contributed by atoms with van der Waals surface area (Å²) < 4.78 is 0. The van der Waals surface area contributed by atoms with Gasteiger partial charge in [-0.05, 0) is 33.6 Å². The summed E-state index contributed by atoms with van der Waals surface area (Å²) in [5.41, 5.74) is 0.248. The quantitative estimate of drug-likeness (QED) is 0.588. The van der Waals surface area contributed by atoms with Crippen LogP contribution in [0.4, 0.5) is 0 Å². The van der Waals surface area contributed by atoms with E-state index in [1.165, 1.54) is 0 Å². The average Bonchev–Trinajstić information content (AvgIpc) is 2.38.